The number of benzene rings is 1. The van der Waals surface area contributed by atoms with Gasteiger partial charge in [-0.2, -0.15) is 0 Å². The molecule has 0 unspecified atom stereocenters. The maximum absolute atomic E-state index is 13.4. The lowest BCUT2D eigenvalue weighted by Gasteiger charge is -2.21. The Labute approximate surface area is 185 Å². The van der Waals surface area contributed by atoms with Gasteiger partial charge in [0.05, 0.1) is 12.2 Å². The Bertz CT molecular complexity index is 1040. The molecule has 1 amide bonds. The normalized spacial score (nSPS) is 15.0. The second-order valence-corrected chi connectivity index (χ2v) is 9.71. The zero-order chi connectivity index (χ0) is 22.6. The van der Waals surface area contributed by atoms with E-state index >= 15 is 0 Å². The molecule has 0 saturated carbocycles. The van der Waals surface area contributed by atoms with E-state index in [-0.39, 0.29) is 22.9 Å². The molecule has 7 nitrogen and oxygen atoms in total. The Kier molecular flexibility index (Phi) is 7.43. The second-order valence-electron chi connectivity index (χ2n) is 8.01. The zero-order valence-electron chi connectivity index (χ0n) is 18.9. The molecule has 1 aromatic carbocycles. The first-order valence-electron chi connectivity index (χ1n) is 10.9. The number of carbonyl (C=O) groups excluding carboxylic acids is 1. The van der Waals surface area contributed by atoms with E-state index in [9.17, 15) is 13.2 Å². The molecule has 31 heavy (non-hydrogen) atoms. The fourth-order valence-corrected chi connectivity index (χ4v) is 5.64. The molecule has 1 fully saturated rings. The fourth-order valence-electron chi connectivity index (χ4n) is 4.12. The predicted molar refractivity (Wildman–Crippen MR) is 121 cm³/mol. The molecule has 0 aliphatic carbocycles. The number of hydrogen-bond donors (Lipinski definition) is 1. The minimum absolute atomic E-state index is 0.0793. The molecule has 0 spiro atoms. The predicted octanol–water partition coefficient (Wildman–Crippen LogP) is 3.54. The van der Waals surface area contributed by atoms with Crippen molar-refractivity contribution in [1.29, 1.82) is 0 Å². The van der Waals surface area contributed by atoms with Gasteiger partial charge in [-0.1, -0.05) is 31.0 Å². The number of aromatic nitrogens is 1. The van der Waals surface area contributed by atoms with Gasteiger partial charge < -0.3 is 14.2 Å². The summed E-state index contributed by atoms with van der Waals surface area (Å²) < 4.78 is 36.9. The van der Waals surface area contributed by atoms with Gasteiger partial charge in [-0.25, -0.2) is 13.1 Å². The lowest BCUT2D eigenvalue weighted by atomic mass is 10.2. The van der Waals surface area contributed by atoms with Crippen LogP contribution in [0.1, 0.15) is 59.9 Å². The third-order valence-corrected chi connectivity index (χ3v) is 7.59. The number of para-hydroxylation sites is 1. The molecule has 1 saturated heterocycles. The molecule has 170 valence electrons. The van der Waals surface area contributed by atoms with E-state index in [4.69, 9.17) is 4.74 Å². The van der Waals surface area contributed by atoms with Gasteiger partial charge in [-0.3, -0.25) is 4.79 Å². The van der Waals surface area contributed by atoms with Gasteiger partial charge in [0.15, 0.2) is 0 Å². The van der Waals surface area contributed by atoms with Gasteiger partial charge in [0, 0.05) is 43.6 Å². The Morgan fingerprint density at radius 2 is 1.71 bits per heavy atom. The van der Waals surface area contributed by atoms with Gasteiger partial charge in [0.1, 0.15) is 10.6 Å². The first kappa shape index (κ1) is 23.3. The van der Waals surface area contributed by atoms with Crippen LogP contribution in [0.4, 0.5) is 0 Å². The summed E-state index contributed by atoms with van der Waals surface area (Å²) >= 11 is 0. The number of ether oxygens (including phenoxy) is 1. The summed E-state index contributed by atoms with van der Waals surface area (Å²) in [7, 11) is -2.12. The number of rotatable bonds is 7. The molecule has 3 rings (SSSR count). The van der Waals surface area contributed by atoms with Crippen molar-refractivity contribution in [2.45, 2.75) is 57.9 Å². The van der Waals surface area contributed by atoms with Crippen LogP contribution in [-0.2, 0) is 23.6 Å². The van der Waals surface area contributed by atoms with E-state index < -0.39 is 10.0 Å². The maximum Gasteiger partial charge on any atom is 0.257 e. The summed E-state index contributed by atoms with van der Waals surface area (Å²) in [6, 6.07) is 7.35. The highest BCUT2D eigenvalue weighted by molar-refractivity contribution is 7.89. The van der Waals surface area contributed by atoms with Crippen LogP contribution in [0.2, 0.25) is 0 Å². The van der Waals surface area contributed by atoms with E-state index in [1.807, 2.05) is 38.1 Å². The summed E-state index contributed by atoms with van der Waals surface area (Å²) in [6.45, 7) is 7.36. The van der Waals surface area contributed by atoms with Crippen molar-refractivity contribution >= 4 is 15.9 Å². The van der Waals surface area contributed by atoms with Crippen LogP contribution in [-0.4, -0.2) is 43.5 Å². The molecule has 1 aromatic heterocycles. The number of nitrogens with one attached hydrogen (secondary N) is 1. The van der Waals surface area contributed by atoms with Crippen LogP contribution >= 0.6 is 0 Å². The number of likely N-dealkylation sites (tertiary alicyclic amines) is 1. The number of carbonyl (C=O) groups is 1. The van der Waals surface area contributed by atoms with Crippen LogP contribution in [0, 0.1) is 13.8 Å². The number of amides is 1. The first-order chi connectivity index (χ1) is 14.8. The summed E-state index contributed by atoms with van der Waals surface area (Å²) in [5.74, 6) is 0.452. The smallest absolute Gasteiger partial charge is 0.257 e. The molecule has 8 heteroatoms. The van der Waals surface area contributed by atoms with Crippen molar-refractivity contribution in [2.24, 2.45) is 7.05 Å². The topological polar surface area (TPSA) is 80.6 Å². The van der Waals surface area contributed by atoms with Gasteiger partial charge in [-0.15, -0.1) is 0 Å². The Morgan fingerprint density at radius 3 is 2.35 bits per heavy atom. The quantitative estimate of drug-likeness (QED) is 0.704. The number of nitrogens with zero attached hydrogens (tertiary/aromatic N) is 2. The fraction of sp³-hybridized carbons (Fsp3) is 0.522. The van der Waals surface area contributed by atoms with Gasteiger partial charge in [0.2, 0.25) is 10.0 Å². The van der Waals surface area contributed by atoms with E-state index in [2.05, 4.69) is 4.72 Å². The summed E-state index contributed by atoms with van der Waals surface area (Å²) in [4.78, 5) is 15.3. The molecule has 0 radical (unpaired) electrons. The van der Waals surface area contributed by atoms with E-state index in [1.54, 1.807) is 23.4 Å². The summed E-state index contributed by atoms with van der Waals surface area (Å²) in [5.41, 5.74) is 2.26. The summed E-state index contributed by atoms with van der Waals surface area (Å²) in [6.07, 6.45) is 4.10. The lowest BCUT2D eigenvalue weighted by Crippen LogP contribution is -2.34. The van der Waals surface area contributed by atoms with Gasteiger partial charge in [-0.05, 0) is 39.7 Å². The molecule has 0 bridgehead atoms. The number of sulfonamides is 1. The van der Waals surface area contributed by atoms with Crippen molar-refractivity contribution < 1.29 is 17.9 Å². The van der Waals surface area contributed by atoms with E-state index in [0.29, 0.717) is 36.8 Å². The summed E-state index contributed by atoms with van der Waals surface area (Å²) in [5, 5.41) is 0. The van der Waals surface area contributed by atoms with Crippen LogP contribution < -0.4 is 9.46 Å². The molecule has 1 aliphatic rings. The second kappa shape index (κ2) is 9.87. The van der Waals surface area contributed by atoms with Crippen molar-refractivity contribution in [3.8, 4) is 5.75 Å². The van der Waals surface area contributed by atoms with Crippen LogP contribution in [0.3, 0.4) is 0 Å². The van der Waals surface area contributed by atoms with Crippen molar-refractivity contribution in [1.82, 2.24) is 14.2 Å². The Balaban J connectivity index is 1.94. The molecule has 1 aliphatic heterocycles. The van der Waals surface area contributed by atoms with Crippen molar-refractivity contribution in [3.63, 3.8) is 0 Å². The molecular weight excluding hydrogens is 414 g/mol. The minimum Gasteiger partial charge on any atom is -0.494 e. The zero-order valence-corrected chi connectivity index (χ0v) is 19.7. The monoisotopic (exact) mass is 447 g/mol. The van der Waals surface area contributed by atoms with Crippen LogP contribution in [0.15, 0.2) is 29.2 Å². The Hall–Kier alpha value is -2.32. The maximum atomic E-state index is 13.4. The minimum atomic E-state index is -3.92. The highest BCUT2D eigenvalue weighted by atomic mass is 32.2. The third-order valence-electron chi connectivity index (χ3n) is 6.02. The molecule has 2 heterocycles. The number of hydrogen-bond acceptors (Lipinski definition) is 4. The lowest BCUT2D eigenvalue weighted by molar-refractivity contribution is 0.0757. The van der Waals surface area contributed by atoms with Crippen molar-refractivity contribution in [3.05, 3.63) is 46.8 Å². The van der Waals surface area contributed by atoms with Crippen LogP contribution in [0.25, 0.3) is 0 Å². The van der Waals surface area contributed by atoms with Crippen molar-refractivity contribution in [2.75, 3.05) is 19.7 Å². The molecule has 2 aromatic rings. The van der Waals surface area contributed by atoms with Crippen LogP contribution in [0.5, 0.6) is 5.75 Å². The molecule has 0 atom stereocenters. The molecular formula is C23H33N3O4S. The largest absolute Gasteiger partial charge is 0.494 e. The van der Waals surface area contributed by atoms with Gasteiger partial charge in [0.25, 0.3) is 5.91 Å². The molecule has 1 N–H and O–H groups in total. The van der Waals surface area contributed by atoms with E-state index in [1.165, 1.54) is 0 Å². The average molecular weight is 448 g/mol. The highest BCUT2D eigenvalue weighted by Crippen LogP contribution is 2.29. The van der Waals surface area contributed by atoms with Gasteiger partial charge >= 0.3 is 0 Å². The third kappa shape index (κ3) is 4.96. The highest BCUT2D eigenvalue weighted by Gasteiger charge is 2.33. The SMILES string of the molecule is CCOc1ccccc1CNS(=O)(=O)c1c(C(=O)N2CCCCCC2)c(C)n(C)c1C. The van der Waals surface area contributed by atoms with E-state index in [0.717, 1.165) is 31.2 Å². The average Bonchev–Trinajstić information content (AvgIpc) is 2.94. The Morgan fingerprint density at radius 1 is 1.06 bits per heavy atom. The first-order valence-corrected chi connectivity index (χ1v) is 12.4. The standard InChI is InChI=1S/C23H33N3O4S/c1-5-30-20-13-9-8-12-19(20)16-24-31(28,29)22-18(3)25(4)17(2)21(22)23(27)26-14-10-6-7-11-15-26/h8-9,12-13,24H,5-7,10-11,14-16H2,1-4H3.